The molecule has 0 bridgehead atoms. The fraction of sp³-hybridized carbons (Fsp3) is 0.267. The molecule has 2 aromatic rings. The Kier molecular flexibility index (Phi) is 3.51. The Bertz CT molecular complexity index is 514. The summed E-state index contributed by atoms with van der Waals surface area (Å²) in [5.74, 6) is 0.268. The number of hydrogen-bond donors (Lipinski definition) is 0. The van der Waals surface area contributed by atoms with Gasteiger partial charge in [-0.05, 0) is 31.5 Å². The van der Waals surface area contributed by atoms with Gasteiger partial charge in [-0.1, -0.05) is 29.8 Å². The van der Waals surface area contributed by atoms with Crippen LogP contribution in [0.3, 0.4) is 0 Å². The van der Waals surface area contributed by atoms with Gasteiger partial charge in [0, 0.05) is 7.05 Å². The summed E-state index contributed by atoms with van der Waals surface area (Å²) in [5, 5.41) is 0. The topological polar surface area (TPSA) is 33.5 Å². The van der Waals surface area contributed by atoms with E-state index in [0.29, 0.717) is 5.76 Å². The zero-order valence-electron chi connectivity index (χ0n) is 10.9. The third kappa shape index (κ3) is 2.45. The first-order chi connectivity index (χ1) is 8.59. The molecule has 0 aliphatic rings. The van der Waals surface area contributed by atoms with Gasteiger partial charge in [-0.3, -0.25) is 4.79 Å². The summed E-state index contributed by atoms with van der Waals surface area (Å²) in [5.41, 5.74) is 2.33. The number of carbonyl (C=O) groups is 1. The van der Waals surface area contributed by atoms with Crippen LogP contribution in [0.2, 0.25) is 0 Å². The SMILES string of the molecule is Cc1ccc(C(C)N(C)C(=O)c2ccco2)cc1. The van der Waals surface area contributed by atoms with E-state index in [1.165, 1.54) is 11.8 Å². The van der Waals surface area contributed by atoms with Gasteiger partial charge in [-0.2, -0.15) is 0 Å². The average molecular weight is 243 g/mol. The smallest absolute Gasteiger partial charge is 0.289 e. The Morgan fingerprint density at radius 2 is 1.89 bits per heavy atom. The molecule has 1 unspecified atom stereocenters. The predicted molar refractivity (Wildman–Crippen MR) is 70.4 cm³/mol. The molecule has 0 spiro atoms. The number of aryl methyl sites for hydroxylation is 1. The van der Waals surface area contributed by atoms with Crippen molar-refractivity contribution >= 4 is 5.91 Å². The van der Waals surface area contributed by atoms with Crippen LogP contribution in [0.1, 0.15) is 34.6 Å². The number of nitrogens with zero attached hydrogens (tertiary/aromatic N) is 1. The number of amides is 1. The molecule has 18 heavy (non-hydrogen) atoms. The lowest BCUT2D eigenvalue weighted by atomic mass is 10.1. The van der Waals surface area contributed by atoms with Crippen molar-refractivity contribution in [2.24, 2.45) is 0 Å². The number of carbonyl (C=O) groups excluding carboxylic acids is 1. The van der Waals surface area contributed by atoms with Crippen LogP contribution in [0.5, 0.6) is 0 Å². The lowest BCUT2D eigenvalue weighted by Gasteiger charge is -2.24. The van der Waals surface area contributed by atoms with Crippen molar-refractivity contribution < 1.29 is 9.21 Å². The molecule has 3 nitrogen and oxygen atoms in total. The van der Waals surface area contributed by atoms with Crippen LogP contribution < -0.4 is 0 Å². The molecule has 0 saturated heterocycles. The summed E-state index contributed by atoms with van der Waals surface area (Å²) in [7, 11) is 1.79. The quantitative estimate of drug-likeness (QED) is 0.827. The molecule has 0 fully saturated rings. The van der Waals surface area contributed by atoms with Crippen LogP contribution in [0.15, 0.2) is 47.1 Å². The van der Waals surface area contributed by atoms with Gasteiger partial charge >= 0.3 is 0 Å². The number of furan rings is 1. The van der Waals surface area contributed by atoms with Gasteiger partial charge in [0.1, 0.15) is 0 Å². The van der Waals surface area contributed by atoms with E-state index in [4.69, 9.17) is 4.42 Å². The van der Waals surface area contributed by atoms with Gasteiger partial charge in [-0.25, -0.2) is 0 Å². The molecule has 0 aliphatic heterocycles. The molecular formula is C15H17NO2. The summed E-state index contributed by atoms with van der Waals surface area (Å²) in [6.07, 6.45) is 1.51. The number of hydrogen-bond acceptors (Lipinski definition) is 2. The first-order valence-electron chi connectivity index (χ1n) is 5.97. The first kappa shape index (κ1) is 12.4. The summed E-state index contributed by atoms with van der Waals surface area (Å²) in [6.45, 7) is 4.05. The van der Waals surface area contributed by atoms with Crippen LogP contribution in [0, 0.1) is 6.92 Å². The second-order valence-electron chi connectivity index (χ2n) is 4.48. The maximum Gasteiger partial charge on any atom is 0.289 e. The molecule has 3 heteroatoms. The van der Waals surface area contributed by atoms with Crippen molar-refractivity contribution in [1.82, 2.24) is 4.90 Å². The third-order valence-electron chi connectivity index (χ3n) is 3.19. The maximum atomic E-state index is 12.1. The lowest BCUT2D eigenvalue weighted by molar-refractivity contribution is 0.0710. The van der Waals surface area contributed by atoms with Gasteiger partial charge in [0.25, 0.3) is 5.91 Å². The molecule has 2 rings (SSSR count). The fourth-order valence-corrected chi connectivity index (χ4v) is 1.82. The van der Waals surface area contributed by atoms with Crippen molar-refractivity contribution in [2.75, 3.05) is 7.05 Å². The molecular weight excluding hydrogens is 226 g/mol. The predicted octanol–water partition coefficient (Wildman–Crippen LogP) is 3.42. The molecule has 0 aliphatic carbocycles. The van der Waals surface area contributed by atoms with Gasteiger partial charge in [0.15, 0.2) is 5.76 Å². The van der Waals surface area contributed by atoms with Crippen LogP contribution in [0.4, 0.5) is 0 Å². The van der Waals surface area contributed by atoms with Crippen molar-refractivity contribution in [3.05, 3.63) is 59.5 Å². The zero-order chi connectivity index (χ0) is 13.1. The first-order valence-corrected chi connectivity index (χ1v) is 5.97. The van der Waals surface area contributed by atoms with E-state index < -0.39 is 0 Å². The molecule has 94 valence electrons. The van der Waals surface area contributed by atoms with Gasteiger partial charge < -0.3 is 9.32 Å². The minimum Gasteiger partial charge on any atom is -0.459 e. The summed E-state index contributed by atoms with van der Waals surface area (Å²) in [4.78, 5) is 13.8. The van der Waals surface area contributed by atoms with Crippen molar-refractivity contribution in [3.63, 3.8) is 0 Å². The standard InChI is InChI=1S/C15H17NO2/c1-11-6-8-13(9-7-11)12(2)16(3)15(17)14-5-4-10-18-14/h4-10,12H,1-3H3. The highest BCUT2D eigenvalue weighted by molar-refractivity contribution is 5.91. The zero-order valence-corrected chi connectivity index (χ0v) is 10.9. The summed E-state index contributed by atoms with van der Waals surface area (Å²) < 4.78 is 5.13. The largest absolute Gasteiger partial charge is 0.459 e. The van der Waals surface area contributed by atoms with Crippen LogP contribution in [-0.4, -0.2) is 17.9 Å². The van der Waals surface area contributed by atoms with E-state index in [2.05, 4.69) is 12.1 Å². The highest BCUT2D eigenvalue weighted by atomic mass is 16.3. The Balaban J connectivity index is 2.16. The Labute approximate surface area is 107 Å². The van der Waals surface area contributed by atoms with Crippen molar-refractivity contribution in [3.8, 4) is 0 Å². The highest BCUT2D eigenvalue weighted by Crippen LogP contribution is 2.21. The van der Waals surface area contributed by atoms with Crippen LogP contribution >= 0.6 is 0 Å². The van der Waals surface area contributed by atoms with E-state index in [0.717, 1.165) is 5.56 Å². The molecule has 0 saturated carbocycles. The minimum absolute atomic E-state index is 0.0169. The molecule has 0 radical (unpaired) electrons. The second kappa shape index (κ2) is 5.08. The van der Waals surface area contributed by atoms with E-state index in [-0.39, 0.29) is 11.9 Å². The monoisotopic (exact) mass is 243 g/mol. The van der Waals surface area contributed by atoms with Gasteiger partial charge in [0.2, 0.25) is 0 Å². The Morgan fingerprint density at radius 3 is 2.44 bits per heavy atom. The third-order valence-corrected chi connectivity index (χ3v) is 3.19. The van der Waals surface area contributed by atoms with E-state index in [1.54, 1.807) is 24.1 Å². The van der Waals surface area contributed by atoms with E-state index in [9.17, 15) is 4.79 Å². The van der Waals surface area contributed by atoms with Crippen molar-refractivity contribution in [1.29, 1.82) is 0 Å². The Morgan fingerprint density at radius 1 is 1.22 bits per heavy atom. The minimum atomic E-state index is -0.104. The average Bonchev–Trinajstić information content (AvgIpc) is 2.91. The molecule has 1 atom stereocenters. The fourth-order valence-electron chi connectivity index (χ4n) is 1.82. The van der Waals surface area contributed by atoms with Crippen LogP contribution in [0.25, 0.3) is 0 Å². The number of rotatable bonds is 3. The summed E-state index contributed by atoms with van der Waals surface area (Å²) >= 11 is 0. The van der Waals surface area contributed by atoms with Gasteiger partial charge in [-0.15, -0.1) is 0 Å². The molecule has 1 aromatic carbocycles. The number of benzene rings is 1. The molecule has 1 heterocycles. The Hall–Kier alpha value is -2.03. The van der Waals surface area contributed by atoms with E-state index >= 15 is 0 Å². The van der Waals surface area contributed by atoms with Crippen LogP contribution in [-0.2, 0) is 0 Å². The van der Waals surface area contributed by atoms with E-state index in [1.807, 2.05) is 26.0 Å². The molecule has 1 amide bonds. The molecule has 1 aromatic heterocycles. The normalized spacial score (nSPS) is 12.2. The lowest BCUT2D eigenvalue weighted by Crippen LogP contribution is -2.29. The van der Waals surface area contributed by atoms with Crippen molar-refractivity contribution in [2.45, 2.75) is 19.9 Å². The highest BCUT2D eigenvalue weighted by Gasteiger charge is 2.20. The molecule has 0 N–H and O–H groups in total. The van der Waals surface area contributed by atoms with Gasteiger partial charge in [0.05, 0.1) is 12.3 Å². The summed E-state index contributed by atoms with van der Waals surface area (Å²) in [6, 6.07) is 11.6. The second-order valence-corrected chi connectivity index (χ2v) is 4.48. The maximum absolute atomic E-state index is 12.1.